The molecule has 1 amide bonds. The van der Waals surface area contributed by atoms with E-state index >= 15 is 0 Å². The highest BCUT2D eigenvalue weighted by Crippen LogP contribution is 2.32. The number of rotatable bonds is 4. The summed E-state index contributed by atoms with van der Waals surface area (Å²) in [5, 5.41) is 0.558. The smallest absolute Gasteiger partial charge is 0.261 e. The zero-order chi connectivity index (χ0) is 18.8. The van der Waals surface area contributed by atoms with Crippen molar-refractivity contribution in [2.24, 2.45) is 0 Å². The molecule has 0 radical (unpaired) electrons. The van der Waals surface area contributed by atoms with Crippen LogP contribution in [0.4, 0.5) is 0 Å². The van der Waals surface area contributed by atoms with Gasteiger partial charge in [0.15, 0.2) is 0 Å². The van der Waals surface area contributed by atoms with Crippen LogP contribution in [0.25, 0.3) is 10.9 Å². The van der Waals surface area contributed by atoms with E-state index < -0.39 is 0 Å². The van der Waals surface area contributed by atoms with E-state index in [4.69, 9.17) is 0 Å². The molecule has 1 saturated heterocycles. The molecule has 3 aromatic rings. The predicted molar refractivity (Wildman–Crippen MR) is 108 cm³/mol. The average Bonchev–Trinajstić information content (AvgIpc) is 3.18. The summed E-state index contributed by atoms with van der Waals surface area (Å²) in [6.07, 6.45) is 3.83. The summed E-state index contributed by atoms with van der Waals surface area (Å²) in [6, 6.07) is 15.7. The Morgan fingerprint density at radius 1 is 1.19 bits per heavy atom. The van der Waals surface area contributed by atoms with Crippen molar-refractivity contribution in [3.8, 4) is 0 Å². The third-order valence-electron chi connectivity index (χ3n) is 5.11. The van der Waals surface area contributed by atoms with Crippen LogP contribution in [0.3, 0.4) is 0 Å². The summed E-state index contributed by atoms with van der Waals surface area (Å²) in [5.74, 6) is 0.0857. The Balaban J connectivity index is 1.50. The minimum atomic E-state index is -0.116. The number of likely N-dealkylation sites (tertiary alicyclic amines) is 1. The first kappa shape index (κ1) is 17.9. The molecular weight excluding hydrogens is 406 g/mol. The number of carbonyl (C=O) groups excluding carboxylic acids is 1. The zero-order valence-electron chi connectivity index (χ0n) is 14.8. The van der Waals surface area contributed by atoms with Gasteiger partial charge in [-0.1, -0.05) is 46.3 Å². The lowest BCUT2D eigenvalue weighted by molar-refractivity contribution is -0.132. The van der Waals surface area contributed by atoms with E-state index in [2.05, 4.69) is 33.0 Å². The van der Waals surface area contributed by atoms with E-state index in [1.165, 1.54) is 16.5 Å². The molecule has 1 aromatic heterocycles. The van der Waals surface area contributed by atoms with Gasteiger partial charge in [0.05, 0.1) is 23.3 Å². The third kappa shape index (κ3) is 3.67. The molecular formula is C21H20BrN3O2. The van der Waals surface area contributed by atoms with Gasteiger partial charge in [0, 0.05) is 24.0 Å². The van der Waals surface area contributed by atoms with Crippen molar-refractivity contribution >= 4 is 32.7 Å². The van der Waals surface area contributed by atoms with Crippen molar-refractivity contribution in [1.29, 1.82) is 0 Å². The van der Waals surface area contributed by atoms with Crippen LogP contribution in [0.15, 0.2) is 64.1 Å². The van der Waals surface area contributed by atoms with Gasteiger partial charge in [-0.05, 0) is 36.6 Å². The van der Waals surface area contributed by atoms with E-state index in [9.17, 15) is 9.59 Å². The SMILES string of the molecule is O=C(CCn1cnc2ccc(Br)cc2c1=O)N1CCCC1c1ccccc1. The fraction of sp³-hybridized carbons (Fsp3) is 0.286. The number of aryl methyl sites for hydroxylation is 1. The van der Waals surface area contributed by atoms with E-state index in [0.717, 1.165) is 23.9 Å². The Labute approximate surface area is 165 Å². The monoisotopic (exact) mass is 425 g/mol. The summed E-state index contributed by atoms with van der Waals surface area (Å²) in [5.41, 5.74) is 1.72. The van der Waals surface area contributed by atoms with Crippen LogP contribution >= 0.6 is 15.9 Å². The van der Waals surface area contributed by atoms with Gasteiger partial charge in [-0.3, -0.25) is 14.2 Å². The second-order valence-corrected chi connectivity index (χ2v) is 7.73. The maximum absolute atomic E-state index is 12.8. The molecule has 0 saturated carbocycles. The van der Waals surface area contributed by atoms with E-state index in [-0.39, 0.29) is 17.5 Å². The maximum atomic E-state index is 12.8. The van der Waals surface area contributed by atoms with E-state index in [0.29, 0.717) is 23.9 Å². The van der Waals surface area contributed by atoms with E-state index in [1.807, 2.05) is 35.2 Å². The topological polar surface area (TPSA) is 55.2 Å². The number of aromatic nitrogens is 2. The third-order valence-corrected chi connectivity index (χ3v) is 5.60. The summed E-state index contributed by atoms with van der Waals surface area (Å²) >= 11 is 3.39. The van der Waals surface area contributed by atoms with Crippen LogP contribution in [0, 0.1) is 0 Å². The molecule has 138 valence electrons. The highest BCUT2D eigenvalue weighted by molar-refractivity contribution is 9.10. The lowest BCUT2D eigenvalue weighted by Crippen LogP contribution is -2.32. The first-order valence-electron chi connectivity index (χ1n) is 9.12. The summed E-state index contributed by atoms with van der Waals surface area (Å²) in [6.45, 7) is 1.11. The highest BCUT2D eigenvalue weighted by Gasteiger charge is 2.29. The number of benzene rings is 2. The standard InChI is InChI=1S/C21H20BrN3O2/c22-16-8-9-18-17(13-16)21(27)24(14-23-18)12-10-20(26)25-11-4-7-19(25)15-5-2-1-3-6-15/h1-3,5-6,8-9,13-14,19H,4,7,10-12H2. The Morgan fingerprint density at radius 2 is 2.00 bits per heavy atom. The van der Waals surface area contributed by atoms with Crippen molar-refractivity contribution in [3.63, 3.8) is 0 Å². The molecule has 1 unspecified atom stereocenters. The second kappa shape index (κ2) is 7.64. The molecule has 0 spiro atoms. The largest absolute Gasteiger partial charge is 0.336 e. The van der Waals surface area contributed by atoms with Gasteiger partial charge in [0.1, 0.15) is 0 Å². The minimum Gasteiger partial charge on any atom is -0.336 e. The zero-order valence-corrected chi connectivity index (χ0v) is 16.4. The van der Waals surface area contributed by atoms with Gasteiger partial charge in [0.2, 0.25) is 5.91 Å². The van der Waals surface area contributed by atoms with Crippen LogP contribution in [-0.4, -0.2) is 26.9 Å². The molecule has 6 heteroatoms. The van der Waals surface area contributed by atoms with Gasteiger partial charge in [-0.25, -0.2) is 4.98 Å². The molecule has 1 aliphatic heterocycles. The summed E-state index contributed by atoms with van der Waals surface area (Å²) < 4.78 is 2.37. The maximum Gasteiger partial charge on any atom is 0.261 e. The normalized spacial score (nSPS) is 16.8. The first-order chi connectivity index (χ1) is 13.1. The molecule has 4 rings (SSSR count). The Hall–Kier alpha value is -2.47. The van der Waals surface area contributed by atoms with Gasteiger partial charge >= 0.3 is 0 Å². The molecule has 0 aliphatic carbocycles. The van der Waals surface area contributed by atoms with Crippen LogP contribution in [0.1, 0.15) is 30.9 Å². The number of nitrogens with zero attached hydrogens (tertiary/aromatic N) is 3. The number of fused-ring (bicyclic) bond motifs is 1. The Bertz CT molecular complexity index is 1030. The Kier molecular flexibility index (Phi) is 5.07. The number of halogens is 1. The summed E-state index contributed by atoms with van der Waals surface area (Å²) in [4.78, 5) is 31.8. The van der Waals surface area contributed by atoms with Crippen LogP contribution in [0.5, 0.6) is 0 Å². The highest BCUT2D eigenvalue weighted by atomic mass is 79.9. The molecule has 27 heavy (non-hydrogen) atoms. The first-order valence-corrected chi connectivity index (χ1v) is 9.92. The predicted octanol–water partition coefficient (Wildman–Crippen LogP) is 3.91. The summed E-state index contributed by atoms with van der Waals surface area (Å²) in [7, 11) is 0. The molecule has 1 aliphatic rings. The number of amides is 1. The van der Waals surface area contributed by atoms with Crippen molar-refractivity contribution in [2.45, 2.75) is 31.8 Å². The van der Waals surface area contributed by atoms with Crippen molar-refractivity contribution in [3.05, 3.63) is 75.2 Å². The van der Waals surface area contributed by atoms with Crippen molar-refractivity contribution < 1.29 is 4.79 Å². The Morgan fingerprint density at radius 3 is 2.81 bits per heavy atom. The van der Waals surface area contributed by atoms with Crippen molar-refractivity contribution in [2.75, 3.05) is 6.54 Å². The van der Waals surface area contributed by atoms with Crippen LogP contribution in [-0.2, 0) is 11.3 Å². The second-order valence-electron chi connectivity index (χ2n) is 6.81. The molecule has 0 N–H and O–H groups in total. The molecule has 2 heterocycles. The fourth-order valence-electron chi connectivity index (χ4n) is 3.74. The number of hydrogen-bond acceptors (Lipinski definition) is 3. The molecule has 2 aromatic carbocycles. The lowest BCUT2D eigenvalue weighted by Gasteiger charge is -2.25. The van der Waals surface area contributed by atoms with Gasteiger partial charge in [0.25, 0.3) is 5.56 Å². The van der Waals surface area contributed by atoms with Crippen LogP contribution in [0.2, 0.25) is 0 Å². The molecule has 1 atom stereocenters. The number of carbonyl (C=O) groups is 1. The molecule has 5 nitrogen and oxygen atoms in total. The lowest BCUT2D eigenvalue weighted by atomic mass is 10.0. The minimum absolute atomic E-state index is 0.0857. The van der Waals surface area contributed by atoms with Gasteiger partial charge in [-0.15, -0.1) is 0 Å². The average molecular weight is 426 g/mol. The van der Waals surface area contributed by atoms with Crippen LogP contribution < -0.4 is 5.56 Å². The molecule has 1 fully saturated rings. The van der Waals surface area contributed by atoms with Gasteiger partial charge < -0.3 is 4.90 Å². The van der Waals surface area contributed by atoms with Gasteiger partial charge in [-0.2, -0.15) is 0 Å². The van der Waals surface area contributed by atoms with E-state index in [1.54, 1.807) is 6.07 Å². The van der Waals surface area contributed by atoms with Crippen molar-refractivity contribution in [1.82, 2.24) is 14.5 Å². The number of hydrogen-bond donors (Lipinski definition) is 0. The molecule has 0 bridgehead atoms. The fourth-order valence-corrected chi connectivity index (χ4v) is 4.10. The quantitative estimate of drug-likeness (QED) is 0.636.